The van der Waals surface area contributed by atoms with Crippen molar-refractivity contribution in [3.63, 3.8) is 0 Å². The van der Waals surface area contributed by atoms with Crippen molar-refractivity contribution in [1.82, 2.24) is 5.32 Å². The average Bonchev–Trinajstić information content (AvgIpc) is 3.15. The highest BCUT2D eigenvalue weighted by molar-refractivity contribution is 5.71. The van der Waals surface area contributed by atoms with Crippen LogP contribution in [0.2, 0.25) is 0 Å². The van der Waals surface area contributed by atoms with Crippen LogP contribution in [-0.4, -0.2) is 23.5 Å². The zero-order valence-corrected chi connectivity index (χ0v) is 12.8. The van der Waals surface area contributed by atoms with E-state index in [0.29, 0.717) is 12.3 Å². The molecule has 0 aromatic heterocycles. The summed E-state index contributed by atoms with van der Waals surface area (Å²) in [4.78, 5) is 21.2. The van der Waals surface area contributed by atoms with Crippen LogP contribution < -0.4 is 10.1 Å². The van der Waals surface area contributed by atoms with Gasteiger partial charge in [-0.2, -0.15) is 0 Å². The first-order valence-corrected chi connectivity index (χ1v) is 7.76. The van der Waals surface area contributed by atoms with Gasteiger partial charge in [-0.25, -0.2) is 0 Å². The first kappa shape index (κ1) is 16.3. The van der Waals surface area contributed by atoms with Gasteiger partial charge in [0.05, 0.1) is 5.92 Å². The van der Waals surface area contributed by atoms with Crippen molar-refractivity contribution < 1.29 is 19.4 Å². The van der Waals surface area contributed by atoms with Crippen molar-refractivity contribution >= 4 is 12.4 Å². The highest BCUT2D eigenvalue weighted by atomic mass is 16.5. The molecule has 1 saturated carbocycles. The molecule has 5 heteroatoms. The smallest absolute Gasteiger partial charge is 0.308 e. The number of carboxylic acids is 1. The van der Waals surface area contributed by atoms with Gasteiger partial charge in [0.15, 0.2) is 0 Å². The van der Waals surface area contributed by atoms with Gasteiger partial charge in [0, 0.05) is 6.04 Å². The van der Waals surface area contributed by atoms with Gasteiger partial charge in [0.1, 0.15) is 12.4 Å². The molecule has 2 atom stereocenters. The first-order chi connectivity index (χ1) is 10.6. The molecule has 120 valence electrons. The summed E-state index contributed by atoms with van der Waals surface area (Å²) in [6.45, 7) is 2.42. The van der Waals surface area contributed by atoms with E-state index in [9.17, 15) is 9.59 Å². The molecule has 1 aliphatic carbocycles. The molecule has 2 aliphatic rings. The molecule has 1 amide bonds. The predicted molar refractivity (Wildman–Crippen MR) is 82.5 cm³/mol. The van der Waals surface area contributed by atoms with Crippen molar-refractivity contribution in [3.8, 4) is 5.75 Å². The molecule has 1 aliphatic heterocycles. The van der Waals surface area contributed by atoms with Gasteiger partial charge in [0.2, 0.25) is 6.41 Å². The number of nitrogens with one attached hydrogen (secondary N) is 1. The quantitative estimate of drug-likeness (QED) is 0.820. The lowest BCUT2D eigenvalue weighted by atomic mass is 9.88. The minimum absolute atomic E-state index is 0.201. The SMILES string of the molecule is C[C@@H](C(=O)O)C(NC=O)C1CCCC1.c1cc2cc(c1)OC2. The maximum Gasteiger partial charge on any atom is 0.308 e. The summed E-state index contributed by atoms with van der Waals surface area (Å²) in [5.41, 5.74) is 1.28. The zero-order valence-electron chi connectivity index (χ0n) is 12.8. The van der Waals surface area contributed by atoms with Crippen LogP contribution in [0.15, 0.2) is 24.3 Å². The normalized spacial score (nSPS) is 18.6. The molecule has 3 rings (SSSR count). The molecule has 2 bridgehead atoms. The standard InChI is InChI=1S/C10H17NO3.C7H6O/c1-7(10(13)14)9(11-6-12)8-4-2-3-5-8;1-2-6-4-7(3-1)8-5-6/h6-9H,2-5H2,1H3,(H,11,12)(H,13,14);1-4H,5H2/t7-,9?;/m1./s1. The van der Waals surface area contributed by atoms with Crippen LogP contribution in [0, 0.1) is 11.8 Å². The minimum atomic E-state index is -0.837. The van der Waals surface area contributed by atoms with E-state index in [0.717, 1.165) is 38.0 Å². The Labute approximate surface area is 130 Å². The van der Waals surface area contributed by atoms with Crippen LogP contribution in [0.4, 0.5) is 0 Å². The highest BCUT2D eigenvalue weighted by Crippen LogP contribution is 2.30. The van der Waals surface area contributed by atoms with Crippen LogP contribution in [0.3, 0.4) is 0 Å². The molecular formula is C17H23NO4. The average molecular weight is 305 g/mol. The Kier molecular flexibility index (Phi) is 5.81. The number of fused-ring (bicyclic) bond motifs is 2. The Hall–Kier alpha value is -2.04. The maximum atomic E-state index is 10.8. The lowest BCUT2D eigenvalue weighted by Crippen LogP contribution is -2.42. The van der Waals surface area contributed by atoms with E-state index in [1.165, 1.54) is 5.56 Å². The largest absolute Gasteiger partial charge is 0.489 e. The van der Waals surface area contributed by atoms with Gasteiger partial charge in [0.25, 0.3) is 0 Å². The molecular weight excluding hydrogens is 282 g/mol. The molecule has 2 N–H and O–H groups in total. The number of carboxylic acid groups (broad SMARTS) is 1. The Morgan fingerprint density at radius 3 is 2.68 bits per heavy atom. The van der Waals surface area contributed by atoms with E-state index in [4.69, 9.17) is 9.84 Å². The Balaban J connectivity index is 0.000000183. The van der Waals surface area contributed by atoms with E-state index in [2.05, 4.69) is 17.4 Å². The van der Waals surface area contributed by atoms with Gasteiger partial charge < -0.3 is 15.2 Å². The number of hydrogen-bond acceptors (Lipinski definition) is 3. The summed E-state index contributed by atoms with van der Waals surface area (Å²) in [6, 6.07) is 7.90. The molecule has 1 heterocycles. The third kappa shape index (κ3) is 4.23. The lowest BCUT2D eigenvalue weighted by molar-refractivity contribution is -0.142. The summed E-state index contributed by atoms with van der Waals surface area (Å²) < 4.78 is 5.18. The van der Waals surface area contributed by atoms with Crippen LogP contribution >= 0.6 is 0 Å². The fourth-order valence-electron chi connectivity index (χ4n) is 3.13. The summed E-state index contributed by atoms with van der Waals surface area (Å²) in [7, 11) is 0. The molecule has 1 aromatic carbocycles. The van der Waals surface area contributed by atoms with Gasteiger partial charge in [-0.1, -0.05) is 25.0 Å². The first-order valence-electron chi connectivity index (χ1n) is 7.76. The molecule has 0 saturated heterocycles. The number of hydrogen-bond donors (Lipinski definition) is 2. The van der Waals surface area contributed by atoms with E-state index in [-0.39, 0.29) is 6.04 Å². The van der Waals surface area contributed by atoms with Crippen LogP contribution in [0.25, 0.3) is 0 Å². The number of aliphatic carboxylic acids is 1. The van der Waals surface area contributed by atoms with E-state index in [1.54, 1.807) is 6.92 Å². The van der Waals surface area contributed by atoms with Gasteiger partial charge >= 0.3 is 5.97 Å². The molecule has 0 spiro atoms. The van der Waals surface area contributed by atoms with Crippen LogP contribution in [-0.2, 0) is 16.2 Å². The third-order valence-electron chi connectivity index (χ3n) is 4.40. The summed E-state index contributed by atoms with van der Waals surface area (Å²) in [5, 5.41) is 11.5. The van der Waals surface area contributed by atoms with E-state index >= 15 is 0 Å². The molecule has 1 aromatic rings. The fourth-order valence-corrected chi connectivity index (χ4v) is 3.13. The third-order valence-corrected chi connectivity index (χ3v) is 4.40. The van der Waals surface area contributed by atoms with Crippen LogP contribution in [0.1, 0.15) is 38.2 Å². The van der Waals surface area contributed by atoms with Crippen molar-refractivity contribution in [1.29, 1.82) is 0 Å². The minimum Gasteiger partial charge on any atom is -0.489 e. The van der Waals surface area contributed by atoms with E-state index in [1.807, 2.05) is 12.1 Å². The summed E-state index contributed by atoms with van der Waals surface area (Å²) in [6.07, 6.45) is 4.97. The number of carbonyl (C=O) groups excluding carboxylic acids is 1. The van der Waals surface area contributed by atoms with Crippen LogP contribution in [0.5, 0.6) is 5.75 Å². The second kappa shape index (κ2) is 7.82. The number of carbonyl (C=O) groups is 2. The number of ether oxygens (including phenoxy) is 1. The van der Waals surface area contributed by atoms with E-state index < -0.39 is 11.9 Å². The maximum absolute atomic E-state index is 10.8. The van der Waals surface area contributed by atoms with Crippen molar-refractivity contribution in [2.45, 2.75) is 45.3 Å². The molecule has 1 fully saturated rings. The number of amides is 1. The second-order valence-electron chi connectivity index (χ2n) is 5.92. The predicted octanol–water partition coefficient (Wildman–Crippen LogP) is 2.59. The monoisotopic (exact) mass is 305 g/mol. The number of benzene rings is 1. The highest BCUT2D eigenvalue weighted by Gasteiger charge is 2.32. The Bertz CT molecular complexity index is 492. The van der Waals surface area contributed by atoms with Gasteiger partial charge in [-0.05, 0) is 43.4 Å². The topological polar surface area (TPSA) is 75.6 Å². The molecule has 22 heavy (non-hydrogen) atoms. The summed E-state index contributed by atoms with van der Waals surface area (Å²) >= 11 is 0. The van der Waals surface area contributed by atoms with Crippen molar-refractivity contribution in [3.05, 3.63) is 29.8 Å². The van der Waals surface area contributed by atoms with Crippen molar-refractivity contribution in [2.24, 2.45) is 11.8 Å². The zero-order chi connectivity index (χ0) is 15.9. The number of rotatable bonds is 5. The summed E-state index contributed by atoms with van der Waals surface area (Å²) in [5.74, 6) is 0.00773. The Morgan fingerprint density at radius 2 is 2.14 bits per heavy atom. The molecule has 0 radical (unpaired) electrons. The van der Waals surface area contributed by atoms with Crippen molar-refractivity contribution in [2.75, 3.05) is 0 Å². The molecule has 1 unspecified atom stereocenters. The Morgan fingerprint density at radius 1 is 1.41 bits per heavy atom. The van der Waals surface area contributed by atoms with Gasteiger partial charge in [-0.3, -0.25) is 9.59 Å². The fraction of sp³-hybridized carbons (Fsp3) is 0.529. The molecule has 5 nitrogen and oxygen atoms in total. The lowest BCUT2D eigenvalue weighted by Gasteiger charge is -2.26. The van der Waals surface area contributed by atoms with Gasteiger partial charge in [-0.15, -0.1) is 0 Å². The second-order valence-corrected chi connectivity index (χ2v) is 5.92.